The molecule has 8 heteroatoms. The molecular weight excluding hydrogens is 302 g/mol. The van der Waals surface area contributed by atoms with Crippen LogP contribution >= 0.6 is 22.9 Å². The molecule has 0 unspecified atom stereocenters. The first-order chi connectivity index (χ1) is 9.60. The summed E-state index contributed by atoms with van der Waals surface area (Å²) in [5, 5.41) is 19.2. The number of fused-ring (bicyclic) bond motifs is 1. The van der Waals surface area contributed by atoms with Gasteiger partial charge in [0.05, 0.1) is 22.6 Å². The Hall–Kier alpha value is -2.12. The second-order valence-electron chi connectivity index (χ2n) is 3.95. The number of nitrogens with zero attached hydrogens (tertiary/aromatic N) is 3. The van der Waals surface area contributed by atoms with E-state index in [1.165, 1.54) is 23.6 Å². The van der Waals surface area contributed by atoms with Gasteiger partial charge in [0.25, 0.3) is 0 Å². The first-order valence-electron chi connectivity index (χ1n) is 5.50. The SMILES string of the molecule is COc1csc(-c2nnc3c(Cl)cc(C(=O)O)cn23)c1. The molecule has 0 atom stereocenters. The summed E-state index contributed by atoms with van der Waals surface area (Å²) in [5.74, 6) is 0.178. The van der Waals surface area contributed by atoms with Crippen LogP contribution < -0.4 is 4.74 Å². The van der Waals surface area contributed by atoms with Gasteiger partial charge in [0.2, 0.25) is 0 Å². The van der Waals surface area contributed by atoms with Gasteiger partial charge in [0.1, 0.15) is 5.75 Å². The Bertz CT molecular complexity index is 811. The highest BCUT2D eigenvalue weighted by Gasteiger charge is 2.16. The highest BCUT2D eigenvalue weighted by molar-refractivity contribution is 7.13. The van der Waals surface area contributed by atoms with Crippen LogP contribution in [0.5, 0.6) is 5.75 Å². The summed E-state index contributed by atoms with van der Waals surface area (Å²) >= 11 is 7.46. The monoisotopic (exact) mass is 309 g/mol. The van der Waals surface area contributed by atoms with Crippen molar-refractivity contribution in [2.45, 2.75) is 0 Å². The van der Waals surface area contributed by atoms with Crippen LogP contribution in [0, 0.1) is 0 Å². The van der Waals surface area contributed by atoms with Crippen LogP contribution in [0.3, 0.4) is 0 Å². The molecule has 0 fully saturated rings. The molecule has 0 saturated heterocycles. The molecule has 0 radical (unpaired) electrons. The molecule has 0 amide bonds. The van der Waals surface area contributed by atoms with Gasteiger partial charge >= 0.3 is 5.97 Å². The lowest BCUT2D eigenvalue weighted by molar-refractivity contribution is 0.0696. The number of hydrogen-bond donors (Lipinski definition) is 1. The third kappa shape index (κ3) is 2.00. The summed E-state index contributed by atoms with van der Waals surface area (Å²) < 4.78 is 6.69. The summed E-state index contributed by atoms with van der Waals surface area (Å²) in [6.07, 6.45) is 1.45. The van der Waals surface area contributed by atoms with Crippen molar-refractivity contribution < 1.29 is 14.6 Å². The first kappa shape index (κ1) is 12.9. The van der Waals surface area contributed by atoms with E-state index in [-0.39, 0.29) is 10.6 Å². The van der Waals surface area contributed by atoms with Gasteiger partial charge < -0.3 is 9.84 Å². The van der Waals surface area contributed by atoms with Crippen LogP contribution in [-0.4, -0.2) is 32.8 Å². The number of hydrogen-bond acceptors (Lipinski definition) is 5. The Morgan fingerprint density at radius 1 is 1.45 bits per heavy atom. The van der Waals surface area contributed by atoms with E-state index in [0.717, 1.165) is 4.88 Å². The van der Waals surface area contributed by atoms with E-state index in [4.69, 9.17) is 21.4 Å². The van der Waals surface area contributed by atoms with Crippen molar-refractivity contribution in [2.75, 3.05) is 7.11 Å². The smallest absolute Gasteiger partial charge is 0.337 e. The van der Waals surface area contributed by atoms with Gasteiger partial charge in [-0.3, -0.25) is 4.40 Å². The molecule has 0 aromatic carbocycles. The summed E-state index contributed by atoms with van der Waals surface area (Å²) in [4.78, 5) is 11.9. The number of methoxy groups -OCH3 is 1. The predicted molar refractivity (Wildman–Crippen MR) is 74.8 cm³/mol. The number of pyridine rings is 1. The topological polar surface area (TPSA) is 76.7 Å². The predicted octanol–water partition coefficient (Wildman–Crippen LogP) is 2.82. The minimum Gasteiger partial charge on any atom is -0.496 e. The third-order valence-electron chi connectivity index (χ3n) is 2.74. The number of aromatic nitrogens is 3. The normalized spacial score (nSPS) is 10.9. The molecule has 102 valence electrons. The molecule has 0 saturated carbocycles. The molecule has 3 aromatic rings. The van der Waals surface area contributed by atoms with Crippen molar-refractivity contribution >= 4 is 34.6 Å². The van der Waals surface area contributed by atoms with Crippen molar-refractivity contribution in [1.29, 1.82) is 0 Å². The van der Waals surface area contributed by atoms with Crippen molar-refractivity contribution in [1.82, 2.24) is 14.6 Å². The second kappa shape index (κ2) is 4.77. The van der Waals surface area contributed by atoms with E-state index in [1.54, 1.807) is 11.5 Å². The molecule has 0 bridgehead atoms. The number of carboxylic acids is 1. The maximum Gasteiger partial charge on any atom is 0.337 e. The van der Waals surface area contributed by atoms with Gasteiger partial charge in [-0.05, 0) is 6.07 Å². The van der Waals surface area contributed by atoms with Crippen LogP contribution in [0.2, 0.25) is 5.02 Å². The molecule has 1 N–H and O–H groups in total. The van der Waals surface area contributed by atoms with Crippen molar-refractivity contribution in [3.63, 3.8) is 0 Å². The van der Waals surface area contributed by atoms with Crippen molar-refractivity contribution in [3.05, 3.63) is 34.3 Å². The van der Waals surface area contributed by atoms with Crippen LogP contribution in [0.15, 0.2) is 23.7 Å². The number of halogens is 1. The highest BCUT2D eigenvalue weighted by atomic mass is 35.5. The lowest BCUT2D eigenvalue weighted by atomic mass is 10.3. The van der Waals surface area contributed by atoms with Gasteiger partial charge in [-0.25, -0.2) is 4.79 Å². The zero-order chi connectivity index (χ0) is 14.3. The molecule has 3 heterocycles. The number of ether oxygens (including phenoxy) is 1. The summed E-state index contributed by atoms with van der Waals surface area (Å²) in [6, 6.07) is 3.16. The lowest BCUT2D eigenvalue weighted by Crippen LogP contribution is -2.00. The minimum atomic E-state index is -1.06. The Kier molecular flexibility index (Phi) is 3.07. The van der Waals surface area contributed by atoms with E-state index < -0.39 is 5.97 Å². The van der Waals surface area contributed by atoms with Crippen molar-refractivity contribution in [2.24, 2.45) is 0 Å². The molecular formula is C12H8ClN3O3S. The molecule has 3 rings (SSSR count). The fraction of sp³-hybridized carbons (Fsp3) is 0.0833. The number of aromatic carboxylic acids is 1. The van der Waals surface area contributed by atoms with Crippen LogP contribution in [0.4, 0.5) is 0 Å². The van der Waals surface area contributed by atoms with Gasteiger partial charge in [-0.2, -0.15) is 0 Å². The fourth-order valence-electron chi connectivity index (χ4n) is 1.78. The average Bonchev–Trinajstić information content (AvgIpc) is 3.03. The first-order valence-corrected chi connectivity index (χ1v) is 6.76. The van der Waals surface area contributed by atoms with E-state index in [9.17, 15) is 4.79 Å². The van der Waals surface area contributed by atoms with Crippen LogP contribution in [0.25, 0.3) is 16.3 Å². The molecule has 0 spiro atoms. The Morgan fingerprint density at radius 3 is 2.90 bits per heavy atom. The second-order valence-corrected chi connectivity index (χ2v) is 5.27. The third-order valence-corrected chi connectivity index (χ3v) is 3.92. The van der Waals surface area contributed by atoms with Gasteiger partial charge in [-0.1, -0.05) is 11.6 Å². The van der Waals surface area contributed by atoms with Gasteiger partial charge in [0, 0.05) is 17.6 Å². The number of carboxylic acid groups (broad SMARTS) is 1. The van der Waals surface area contributed by atoms with Crippen molar-refractivity contribution in [3.8, 4) is 16.5 Å². The van der Waals surface area contributed by atoms with E-state index in [0.29, 0.717) is 17.2 Å². The molecule has 20 heavy (non-hydrogen) atoms. The number of thiophene rings is 1. The van der Waals surface area contributed by atoms with Gasteiger partial charge in [0.15, 0.2) is 11.5 Å². The zero-order valence-corrected chi connectivity index (χ0v) is 11.8. The molecule has 0 aliphatic carbocycles. The maximum absolute atomic E-state index is 11.1. The van der Waals surface area contributed by atoms with E-state index in [1.807, 2.05) is 11.4 Å². The van der Waals surface area contributed by atoms with E-state index in [2.05, 4.69) is 10.2 Å². The largest absolute Gasteiger partial charge is 0.496 e. The Morgan fingerprint density at radius 2 is 2.25 bits per heavy atom. The molecule has 0 aliphatic rings. The lowest BCUT2D eigenvalue weighted by Gasteiger charge is -2.01. The zero-order valence-electron chi connectivity index (χ0n) is 10.2. The summed E-state index contributed by atoms with van der Waals surface area (Å²) in [7, 11) is 1.58. The quantitative estimate of drug-likeness (QED) is 0.805. The molecule has 6 nitrogen and oxygen atoms in total. The van der Waals surface area contributed by atoms with Crippen LogP contribution in [-0.2, 0) is 0 Å². The fourth-order valence-corrected chi connectivity index (χ4v) is 2.86. The number of carbonyl (C=O) groups is 1. The Balaban J connectivity index is 2.23. The average molecular weight is 310 g/mol. The summed E-state index contributed by atoms with van der Waals surface area (Å²) in [6.45, 7) is 0. The molecule has 0 aliphatic heterocycles. The summed E-state index contributed by atoms with van der Waals surface area (Å²) in [5.41, 5.74) is 0.492. The standard InChI is InChI=1S/C12H8ClN3O3S/c1-19-7-3-9(20-5-7)11-15-14-10-8(13)2-6(12(17)18)4-16(10)11/h2-5H,1H3,(H,17,18). The van der Waals surface area contributed by atoms with Crippen LogP contribution in [0.1, 0.15) is 10.4 Å². The Labute approximate surface area is 122 Å². The van der Waals surface area contributed by atoms with E-state index >= 15 is 0 Å². The highest BCUT2D eigenvalue weighted by Crippen LogP contribution is 2.31. The molecule has 3 aromatic heterocycles. The minimum absolute atomic E-state index is 0.0760. The number of rotatable bonds is 3. The maximum atomic E-state index is 11.1. The van der Waals surface area contributed by atoms with Gasteiger partial charge in [-0.15, -0.1) is 21.5 Å².